The first-order valence-corrected chi connectivity index (χ1v) is 23.0. The van der Waals surface area contributed by atoms with Crippen molar-refractivity contribution in [1.29, 1.82) is 0 Å². The lowest BCUT2D eigenvalue weighted by Gasteiger charge is -2.34. The Hall–Kier alpha value is -3.64. The van der Waals surface area contributed by atoms with Crippen LogP contribution in [0.3, 0.4) is 0 Å². The topological polar surface area (TPSA) is 0 Å². The quantitative estimate of drug-likeness (QED) is 0.143. The molecule has 6 aromatic rings. The van der Waals surface area contributed by atoms with E-state index in [0.717, 1.165) is 0 Å². The lowest BCUT2D eigenvalue weighted by molar-refractivity contribution is 0.320. The van der Waals surface area contributed by atoms with Crippen LogP contribution in [0.4, 0.5) is 0 Å². The van der Waals surface area contributed by atoms with Crippen molar-refractivity contribution in [2.75, 3.05) is 0 Å². The molecule has 0 heteroatoms. The Labute approximate surface area is 339 Å². The molecule has 0 heterocycles. The van der Waals surface area contributed by atoms with Gasteiger partial charge in [-0.25, -0.2) is 0 Å². The minimum Gasteiger partial charge on any atom is -0.0654 e. The van der Waals surface area contributed by atoms with Crippen molar-refractivity contribution >= 4 is 43.1 Å². The van der Waals surface area contributed by atoms with Gasteiger partial charge in [0.05, 0.1) is 0 Å². The van der Waals surface area contributed by atoms with E-state index < -0.39 is 0 Å². The highest BCUT2D eigenvalue weighted by Crippen LogP contribution is 2.44. The van der Waals surface area contributed by atoms with Crippen molar-refractivity contribution in [3.8, 4) is 0 Å². The lowest BCUT2D eigenvalue weighted by Crippen LogP contribution is -2.25. The van der Waals surface area contributed by atoms with Gasteiger partial charge in [0, 0.05) is 0 Å². The summed E-state index contributed by atoms with van der Waals surface area (Å²) in [5.41, 5.74) is 7.54. The Morgan fingerprint density at radius 2 is 0.714 bits per heavy atom. The van der Waals surface area contributed by atoms with Crippen molar-refractivity contribution in [3.05, 3.63) is 119 Å². The van der Waals surface area contributed by atoms with E-state index in [1.807, 2.05) is 0 Å². The summed E-state index contributed by atoms with van der Waals surface area (Å²) >= 11 is 0. The van der Waals surface area contributed by atoms with Crippen LogP contribution in [0.15, 0.2) is 97.1 Å². The molecule has 0 spiro atoms. The summed E-state index contributed by atoms with van der Waals surface area (Å²) in [7, 11) is 0. The van der Waals surface area contributed by atoms with Crippen LogP contribution in [0.2, 0.25) is 0 Å². The summed E-state index contributed by atoms with van der Waals surface area (Å²) in [5.74, 6) is 0. The first-order chi connectivity index (χ1) is 27.0. The largest absolute Gasteiger partial charge is 0.0654 e. The van der Waals surface area contributed by atoms with Gasteiger partial charge < -0.3 is 0 Å². The summed E-state index contributed by atoms with van der Waals surface area (Å²) in [6.45, 7) is 14.5. The van der Waals surface area contributed by atoms with Crippen LogP contribution in [0, 0.1) is 0 Å². The zero-order chi connectivity index (χ0) is 39.0. The summed E-state index contributed by atoms with van der Waals surface area (Å²) in [4.78, 5) is 0. The first-order valence-electron chi connectivity index (χ1n) is 23.0. The minimum atomic E-state index is 0.289. The third kappa shape index (κ3) is 7.81. The highest BCUT2D eigenvalue weighted by atomic mass is 14.4. The van der Waals surface area contributed by atoms with Crippen molar-refractivity contribution in [3.63, 3.8) is 0 Å². The number of hydrogen-bond acceptors (Lipinski definition) is 0. The molecule has 1 atom stereocenters. The molecule has 0 nitrogen and oxygen atoms in total. The summed E-state index contributed by atoms with van der Waals surface area (Å²) < 4.78 is 0. The maximum atomic E-state index is 2.50. The number of benzene rings is 6. The van der Waals surface area contributed by atoms with E-state index >= 15 is 0 Å². The van der Waals surface area contributed by atoms with E-state index in [-0.39, 0.29) is 5.41 Å². The molecule has 9 rings (SSSR count). The Morgan fingerprint density at radius 3 is 1.07 bits per heavy atom. The number of hydrogen-bond donors (Lipinski definition) is 0. The van der Waals surface area contributed by atoms with Crippen molar-refractivity contribution in [1.82, 2.24) is 0 Å². The van der Waals surface area contributed by atoms with E-state index in [0.29, 0.717) is 16.2 Å². The molecule has 294 valence electrons. The second-order valence-electron chi connectivity index (χ2n) is 20.0. The third-order valence-electron chi connectivity index (χ3n) is 15.8. The predicted molar refractivity (Wildman–Crippen MR) is 247 cm³/mol. The monoisotopic (exact) mass is 743 g/mol. The van der Waals surface area contributed by atoms with Gasteiger partial charge in [0.1, 0.15) is 0 Å². The van der Waals surface area contributed by atoms with Crippen LogP contribution in [0.1, 0.15) is 179 Å². The van der Waals surface area contributed by atoms with Gasteiger partial charge in [-0.3, -0.25) is 0 Å². The molecule has 0 aromatic heterocycles. The smallest absolute Gasteiger partial charge is 0.00750 e. The fourth-order valence-corrected chi connectivity index (χ4v) is 11.4. The van der Waals surface area contributed by atoms with Crippen LogP contribution in [-0.2, 0) is 21.7 Å². The molecule has 3 aliphatic rings. The fourth-order valence-electron chi connectivity index (χ4n) is 11.4. The second-order valence-corrected chi connectivity index (χ2v) is 20.0. The van der Waals surface area contributed by atoms with Crippen LogP contribution < -0.4 is 0 Å². The molecule has 0 aliphatic heterocycles. The Kier molecular flexibility index (Phi) is 11.2. The molecule has 6 aromatic carbocycles. The maximum Gasteiger partial charge on any atom is -0.00750 e. The van der Waals surface area contributed by atoms with Crippen LogP contribution >= 0.6 is 0 Å². The van der Waals surface area contributed by atoms with Crippen LogP contribution in [-0.4, -0.2) is 0 Å². The molecule has 1 unspecified atom stereocenters. The van der Waals surface area contributed by atoms with Gasteiger partial charge in [-0.15, -0.1) is 0 Å². The summed E-state index contributed by atoms with van der Waals surface area (Å²) in [6.07, 6.45) is 24.2. The molecule has 0 bridgehead atoms. The average molecular weight is 743 g/mol. The Bertz CT molecular complexity index is 2150. The van der Waals surface area contributed by atoms with Gasteiger partial charge in [-0.2, -0.15) is 0 Å². The third-order valence-corrected chi connectivity index (χ3v) is 15.8. The van der Waals surface area contributed by atoms with Crippen molar-refractivity contribution in [2.24, 2.45) is 0 Å². The first kappa shape index (κ1) is 39.2. The molecule has 3 aliphatic carbocycles. The molecule has 0 amide bonds. The van der Waals surface area contributed by atoms with E-state index in [1.165, 1.54) is 170 Å². The molecule has 56 heavy (non-hydrogen) atoms. The SMILES string of the molecule is CC1(c2ccc3cc4ccc(C5(C)CCCCC5)cc4cc3c2)CCCCC1.CCCC(C)(CC)c1ccc2cc3cc(C4(C)CCCCC4)ccc3cc2c1. The molecule has 3 saturated carbocycles. The fraction of sp³-hybridized carbons (Fsp3) is 0.500. The van der Waals surface area contributed by atoms with Crippen LogP contribution in [0.5, 0.6) is 0 Å². The predicted octanol–water partition coefficient (Wildman–Crippen LogP) is 17.1. The van der Waals surface area contributed by atoms with E-state index in [1.54, 1.807) is 11.1 Å². The highest BCUT2D eigenvalue weighted by molar-refractivity contribution is 6.00. The van der Waals surface area contributed by atoms with Gasteiger partial charge in [0.2, 0.25) is 0 Å². The molecule has 3 fully saturated rings. The van der Waals surface area contributed by atoms with Crippen LogP contribution in [0.25, 0.3) is 43.1 Å². The standard InChI is InChI=1S/C28H34.C28H36/c1-27(13-5-3-6-14-27)25-11-9-21-17-22-10-12-26(20-24(22)18-23(21)19-25)28(2)15-7-4-8-16-28;1-5-14-27(3,6-2)25-12-10-21-18-24-20-26(28(4)15-8-7-9-16-28)13-11-22(24)17-23(21)19-25/h9-12,17-20H,3-8,13-16H2,1-2H3;10-13,17-20H,5-9,14-16H2,1-4H3. The zero-order valence-electron chi connectivity index (χ0n) is 36.0. The van der Waals surface area contributed by atoms with Crippen molar-refractivity contribution in [2.45, 2.75) is 179 Å². The molecular formula is C56H70. The number of fused-ring (bicyclic) bond motifs is 4. The van der Waals surface area contributed by atoms with Crippen molar-refractivity contribution < 1.29 is 0 Å². The minimum absolute atomic E-state index is 0.289. The number of rotatable bonds is 7. The van der Waals surface area contributed by atoms with E-state index in [2.05, 4.69) is 139 Å². The summed E-state index contributed by atoms with van der Waals surface area (Å²) in [5, 5.41) is 11.1. The maximum absolute atomic E-state index is 2.50. The molecule has 0 N–H and O–H groups in total. The molecule has 0 radical (unpaired) electrons. The van der Waals surface area contributed by atoms with E-state index in [4.69, 9.17) is 0 Å². The zero-order valence-corrected chi connectivity index (χ0v) is 36.0. The second kappa shape index (κ2) is 16.0. The summed E-state index contributed by atoms with van der Waals surface area (Å²) in [6, 6.07) is 38.6. The molecule has 0 saturated heterocycles. The van der Waals surface area contributed by atoms with Gasteiger partial charge >= 0.3 is 0 Å². The van der Waals surface area contributed by atoms with Gasteiger partial charge in [0.15, 0.2) is 0 Å². The Balaban J connectivity index is 0.000000157. The van der Waals surface area contributed by atoms with Gasteiger partial charge in [-0.1, -0.05) is 179 Å². The van der Waals surface area contributed by atoms with E-state index in [9.17, 15) is 0 Å². The average Bonchev–Trinajstić information content (AvgIpc) is 3.22. The highest BCUT2D eigenvalue weighted by Gasteiger charge is 2.31. The van der Waals surface area contributed by atoms with Gasteiger partial charge in [0.25, 0.3) is 0 Å². The molecular weight excluding hydrogens is 673 g/mol. The lowest BCUT2D eigenvalue weighted by atomic mass is 9.70. The normalized spacial score (nSPS) is 20.4. The van der Waals surface area contributed by atoms with Gasteiger partial charge in [-0.05, 0) is 163 Å². The Morgan fingerprint density at radius 1 is 0.393 bits per heavy atom.